The van der Waals surface area contributed by atoms with Crippen molar-refractivity contribution in [3.63, 3.8) is 0 Å². The number of nitrogens with one attached hydrogen (secondary N) is 2. The van der Waals surface area contributed by atoms with Crippen molar-refractivity contribution in [3.05, 3.63) is 123 Å². The largest absolute Gasteiger partial charge is 0.493 e. The number of aryl methyl sites for hydroxylation is 2. The summed E-state index contributed by atoms with van der Waals surface area (Å²) in [6, 6.07) is 24.3. The van der Waals surface area contributed by atoms with Crippen molar-refractivity contribution in [1.82, 2.24) is 10.6 Å². The highest BCUT2D eigenvalue weighted by molar-refractivity contribution is 5.98. The van der Waals surface area contributed by atoms with E-state index in [1.807, 2.05) is 100 Å². The number of hydrogen-bond donors (Lipinski definition) is 3. The summed E-state index contributed by atoms with van der Waals surface area (Å²) in [4.78, 5) is 41.1. The zero-order valence-corrected chi connectivity index (χ0v) is 43.8. The molecular formula is C60H87N3O7. The van der Waals surface area contributed by atoms with Gasteiger partial charge in [0.2, 0.25) is 0 Å². The molecule has 4 rings (SSSR count). The number of ether oxygens (including phenoxy) is 4. The van der Waals surface area contributed by atoms with Crippen LogP contribution in [-0.2, 0) is 9.53 Å². The van der Waals surface area contributed by atoms with Crippen LogP contribution in [0.2, 0.25) is 0 Å². The van der Waals surface area contributed by atoms with Gasteiger partial charge >= 0.3 is 0 Å². The van der Waals surface area contributed by atoms with Crippen molar-refractivity contribution in [3.8, 4) is 17.2 Å². The maximum absolute atomic E-state index is 13.9. The van der Waals surface area contributed by atoms with Gasteiger partial charge in [0.15, 0.2) is 5.78 Å². The molecule has 0 aliphatic heterocycles. The van der Waals surface area contributed by atoms with Crippen LogP contribution in [0.1, 0.15) is 196 Å². The first-order valence-electron chi connectivity index (χ1n) is 26.7. The predicted octanol–water partition coefficient (Wildman–Crippen LogP) is 13.4. The molecule has 4 aromatic carbocycles. The highest BCUT2D eigenvalue weighted by Crippen LogP contribution is 2.27. The van der Waals surface area contributed by atoms with Gasteiger partial charge in [-0.3, -0.25) is 14.4 Å². The van der Waals surface area contributed by atoms with Crippen LogP contribution in [0.15, 0.2) is 78.9 Å². The highest BCUT2D eigenvalue weighted by atomic mass is 16.5. The first kappa shape index (κ1) is 57.4. The molecule has 4 aromatic rings. The van der Waals surface area contributed by atoms with Gasteiger partial charge in [-0.1, -0.05) is 133 Å². The Bertz CT molecular complexity index is 2120. The minimum Gasteiger partial charge on any atom is -0.493 e. The van der Waals surface area contributed by atoms with E-state index in [9.17, 15) is 14.4 Å². The molecule has 2 atom stereocenters. The fourth-order valence-corrected chi connectivity index (χ4v) is 8.50. The van der Waals surface area contributed by atoms with E-state index in [0.29, 0.717) is 82.1 Å². The molecular weight excluding hydrogens is 875 g/mol. The molecule has 0 saturated carbocycles. The summed E-state index contributed by atoms with van der Waals surface area (Å²) in [7, 11) is 0. The Morgan fingerprint density at radius 1 is 0.529 bits per heavy atom. The van der Waals surface area contributed by atoms with Gasteiger partial charge in [-0.15, -0.1) is 0 Å². The summed E-state index contributed by atoms with van der Waals surface area (Å²) in [6.07, 6.45) is 19.3. The van der Waals surface area contributed by atoms with Crippen molar-refractivity contribution >= 4 is 17.6 Å². The molecule has 4 N–H and O–H groups in total. The minimum absolute atomic E-state index is 0.0515. The van der Waals surface area contributed by atoms with E-state index in [1.165, 1.54) is 64.2 Å². The first-order valence-corrected chi connectivity index (χ1v) is 26.7. The van der Waals surface area contributed by atoms with Crippen LogP contribution < -0.4 is 30.6 Å². The molecule has 0 fully saturated rings. The summed E-state index contributed by atoms with van der Waals surface area (Å²) >= 11 is 0. The fraction of sp³-hybridized carbons (Fsp3) is 0.550. The van der Waals surface area contributed by atoms with Gasteiger partial charge in [-0.05, 0) is 136 Å². The lowest BCUT2D eigenvalue weighted by Crippen LogP contribution is -2.41. The number of Topliss-reactive ketones (excluding diaryl/α,β-unsaturated/α-hetero) is 1. The van der Waals surface area contributed by atoms with Crippen LogP contribution in [0.25, 0.3) is 0 Å². The van der Waals surface area contributed by atoms with Gasteiger partial charge in [-0.2, -0.15) is 0 Å². The fourth-order valence-electron chi connectivity index (χ4n) is 8.50. The molecule has 0 radical (unpaired) electrons. The van der Waals surface area contributed by atoms with Crippen LogP contribution in [0.4, 0.5) is 0 Å². The van der Waals surface area contributed by atoms with Gasteiger partial charge in [0.1, 0.15) is 23.9 Å². The van der Waals surface area contributed by atoms with Crippen LogP contribution in [0.3, 0.4) is 0 Å². The zero-order valence-electron chi connectivity index (χ0n) is 43.8. The number of carbonyl (C=O) groups excluding carboxylic acids is 3. The van der Waals surface area contributed by atoms with Gasteiger partial charge in [0.05, 0.1) is 31.9 Å². The lowest BCUT2D eigenvalue weighted by Gasteiger charge is -2.19. The number of carbonyl (C=O) groups is 3. The van der Waals surface area contributed by atoms with Crippen LogP contribution in [0, 0.1) is 27.7 Å². The van der Waals surface area contributed by atoms with E-state index in [4.69, 9.17) is 24.7 Å². The maximum Gasteiger partial charge on any atom is 0.252 e. The monoisotopic (exact) mass is 962 g/mol. The van der Waals surface area contributed by atoms with E-state index in [1.54, 1.807) is 6.07 Å². The normalized spacial score (nSPS) is 12.0. The Balaban J connectivity index is 1.28. The Kier molecular flexibility index (Phi) is 27.4. The number of unbranched alkanes of at least 4 members (excludes halogenated alkanes) is 13. The topological polar surface area (TPSA) is 138 Å². The van der Waals surface area contributed by atoms with E-state index >= 15 is 0 Å². The molecule has 384 valence electrons. The SMILES string of the molecule is CCCCCCCCCOc1cc(C(=O)NCCCCC(NC(=O)c2cc(C)c(C)c(OCCCCCCCCC)c2)C(=O)CCCOCCOc2ccc(C(N)c3ccccc3)cc2)cc(C)c1C. The summed E-state index contributed by atoms with van der Waals surface area (Å²) in [5.74, 6) is 1.68. The molecule has 0 spiro atoms. The molecule has 70 heavy (non-hydrogen) atoms. The van der Waals surface area contributed by atoms with Crippen LogP contribution in [-0.4, -0.2) is 63.2 Å². The van der Waals surface area contributed by atoms with E-state index in [-0.39, 0.29) is 30.1 Å². The molecule has 0 heterocycles. The lowest BCUT2D eigenvalue weighted by atomic mass is 10.00. The Hall–Kier alpha value is -5.19. The zero-order chi connectivity index (χ0) is 50.4. The molecule has 0 bridgehead atoms. The summed E-state index contributed by atoms with van der Waals surface area (Å²) in [5.41, 5.74) is 13.6. The number of ketones is 1. The van der Waals surface area contributed by atoms with Crippen LogP contribution in [0.5, 0.6) is 17.2 Å². The third-order valence-corrected chi connectivity index (χ3v) is 13.3. The number of hydrogen-bond acceptors (Lipinski definition) is 8. The molecule has 2 amide bonds. The standard InChI is InChI=1S/C60H87N3O7/c1-7-9-11-13-15-17-24-37-69-56-43-51(41-45(3)47(56)5)59(65)62-35-23-22-29-54(63-60(66)52-42-46(4)48(6)57(44-52)70-38-25-18-16-14-12-10-8-2)55(64)30-26-36-67-39-40-68-53-33-31-50(32-34-53)58(61)49-27-20-19-21-28-49/h19-21,27-28,31-34,41-44,54,58H,7-18,22-26,29-30,35-40,61H2,1-6H3,(H,62,65)(H,63,66). The molecule has 10 heteroatoms. The predicted molar refractivity (Wildman–Crippen MR) is 286 cm³/mol. The minimum atomic E-state index is -0.695. The van der Waals surface area contributed by atoms with E-state index in [2.05, 4.69) is 24.5 Å². The number of amides is 2. The van der Waals surface area contributed by atoms with Crippen LogP contribution >= 0.6 is 0 Å². The summed E-state index contributed by atoms with van der Waals surface area (Å²) in [6.45, 7) is 15.3. The van der Waals surface area contributed by atoms with Crippen molar-refractivity contribution in [1.29, 1.82) is 0 Å². The van der Waals surface area contributed by atoms with E-state index in [0.717, 1.165) is 70.6 Å². The molecule has 0 saturated heterocycles. The van der Waals surface area contributed by atoms with Crippen molar-refractivity contribution in [2.75, 3.05) is 39.6 Å². The average molecular weight is 962 g/mol. The highest BCUT2D eigenvalue weighted by Gasteiger charge is 2.22. The summed E-state index contributed by atoms with van der Waals surface area (Å²) in [5, 5.41) is 6.14. The lowest BCUT2D eigenvalue weighted by molar-refractivity contribution is -0.121. The molecule has 10 nitrogen and oxygen atoms in total. The average Bonchev–Trinajstić information content (AvgIpc) is 3.37. The third-order valence-electron chi connectivity index (χ3n) is 13.3. The number of benzene rings is 4. The van der Waals surface area contributed by atoms with Crippen molar-refractivity contribution in [2.24, 2.45) is 5.73 Å². The molecule has 0 aliphatic carbocycles. The Labute approximate surface area is 421 Å². The quantitative estimate of drug-likeness (QED) is 0.0380. The van der Waals surface area contributed by atoms with E-state index < -0.39 is 6.04 Å². The van der Waals surface area contributed by atoms with Gasteiger partial charge < -0.3 is 35.3 Å². The molecule has 0 aliphatic rings. The molecule has 0 aromatic heterocycles. The second-order valence-corrected chi connectivity index (χ2v) is 19.0. The number of nitrogens with two attached hydrogens (primary N) is 1. The van der Waals surface area contributed by atoms with Gasteiger partial charge in [0.25, 0.3) is 11.8 Å². The second-order valence-electron chi connectivity index (χ2n) is 19.0. The third kappa shape index (κ3) is 21.0. The smallest absolute Gasteiger partial charge is 0.252 e. The molecule has 2 unspecified atom stereocenters. The Morgan fingerprint density at radius 2 is 1.06 bits per heavy atom. The van der Waals surface area contributed by atoms with Crippen molar-refractivity contribution < 1.29 is 33.3 Å². The maximum atomic E-state index is 13.9. The second kappa shape index (κ2) is 33.4. The number of rotatable bonds is 37. The first-order chi connectivity index (χ1) is 34.0. The Morgan fingerprint density at radius 3 is 1.63 bits per heavy atom. The van der Waals surface area contributed by atoms with Crippen molar-refractivity contribution in [2.45, 2.75) is 176 Å². The van der Waals surface area contributed by atoms with Gasteiger partial charge in [-0.25, -0.2) is 0 Å². The summed E-state index contributed by atoms with van der Waals surface area (Å²) < 4.78 is 24.1. The van der Waals surface area contributed by atoms with Gasteiger partial charge in [0, 0.05) is 30.7 Å².